The molecule has 1 unspecified atom stereocenters. The minimum absolute atomic E-state index is 0.209. The molecule has 8 heterocycles. The van der Waals surface area contributed by atoms with E-state index in [-0.39, 0.29) is 10.8 Å². The molecule has 5 heteroatoms. The van der Waals surface area contributed by atoms with Gasteiger partial charge in [0.1, 0.15) is 22.5 Å². The van der Waals surface area contributed by atoms with Gasteiger partial charge in [-0.1, -0.05) is 142 Å². The zero-order chi connectivity index (χ0) is 37.8. The molecule has 8 aromatic rings. The number of pyridine rings is 1. The Labute approximate surface area is 331 Å². The molecule has 1 atom stereocenters. The molecule has 270 valence electrons. The summed E-state index contributed by atoms with van der Waals surface area (Å²) in [4.78, 5) is 5.32. The Morgan fingerprint density at radius 3 is 1.75 bits per heavy atom. The van der Waals surface area contributed by atoms with Crippen molar-refractivity contribution in [1.29, 1.82) is 0 Å². The van der Waals surface area contributed by atoms with E-state index in [9.17, 15) is 0 Å². The summed E-state index contributed by atoms with van der Waals surface area (Å²) in [6.07, 6.45) is 6.94. The van der Waals surface area contributed by atoms with Gasteiger partial charge in [0.2, 0.25) is 6.20 Å². The summed E-state index contributed by atoms with van der Waals surface area (Å²) < 4.78 is 7.62. The van der Waals surface area contributed by atoms with Gasteiger partial charge in [-0.25, -0.2) is 0 Å². The van der Waals surface area contributed by atoms with Crippen LogP contribution in [0.4, 0.5) is 34.3 Å². The minimum Gasteiger partial charge on any atom is -0.308 e. The molecule has 0 saturated heterocycles. The lowest BCUT2D eigenvalue weighted by atomic mass is 9.59. The number of para-hydroxylation sites is 2. The van der Waals surface area contributed by atoms with Crippen LogP contribution in [-0.2, 0) is 21.9 Å². The van der Waals surface area contributed by atoms with Crippen molar-refractivity contribution in [1.82, 2.24) is 4.68 Å². The maximum Gasteiger partial charge on any atom is 0.394 e. The predicted octanol–water partition coefficient (Wildman–Crippen LogP) is 10.2. The highest BCUT2D eigenvalue weighted by Gasteiger charge is 2.73. The van der Waals surface area contributed by atoms with E-state index in [1.165, 1.54) is 95.6 Å². The predicted molar refractivity (Wildman–Crippen MR) is 223 cm³/mol. The molecule has 0 N–H and O–H groups in total. The quantitative estimate of drug-likeness (QED) is 0.165. The van der Waals surface area contributed by atoms with Gasteiger partial charge in [0.15, 0.2) is 5.69 Å². The first-order valence-corrected chi connectivity index (χ1v) is 20.3. The topological polar surface area (TPSA) is 19.2 Å². The van der Waals surface area contributed by atoms with Crippen LogP contribution < -0.4 is 19.0 Å². The molecule has 1 spiro atoms. The molecular formula is C52H39N5+2. The van der Waals surface area contributed by atoms with E-state index in [1.54, 1.807) is 0 Å². The van der Waals surface area contributed by atoms with Gasteiger partial charge < -0.3 is 4.90 Å². The summed E-state index contributed by atoms with van der Waals surface area (Å²) in [7, 11) is 0. The Morgan fingerprint density at radius 1 is 0.421 bits per heavy atom. The maximum atomic E-state index is 2.69. The average Bonchev–Trinajstić information content (AvgIpc) is 3.84. The number of fused-ring (bicyclic) bond motifs is 5. The third-order valence-electron chi connectivity index (χ3n) is 14.8. The number of anilines is 6. The second-order valence-corrected chi connectivity index (χ2v) is 17.8. The molecule has 6 aliphatic rings. The van der Waals surface area contributed by atoms with Crippen LogP contribution in [0.3, 0.4) is 0 Å². The molecule has 0 bridgehead atoms. The van der Waals surface area contributed by atoms with E-state index in [2.05, 4.69) is 216 Å². The molecular weight excluding hydrogens is 695 g/mol. The van der Waals surface area contributed by atoms with Crippen molar-refractivity contribution in [3.63, 3.8) is 0 Å². The molecule has 6 aromatic carbocycles. The number of benzene rings is 6. The fourth-order valence-corrected chi connectivity index (χ4v) is 12.6. The monoisotopic (exact) mass is 733 g/mol. The van der Waals surface area contributed by atoms with E-state index in [0.717, 1.165) is 0 Å². The first kappa shape index (κ1) is 30.5. The van der Waals surface area contributed by atoms with Gasteiger partial charge in [-0.15, -0.1) is 4.68 Å². The Morgan fingerprint density at radius 2 is 1.00 bits per heavy atom. The number of aromatic nitrogens is 3. The van der Waals surface area contributed by atoms with E-state index in [0.29, 0.717) is 0 Å². The van der Waals surface area contributed by atoms with E-state index >= 15 is 0 Å². The third-order valence-corrected chi connectivity index (χ3v) is 14.8. The molecule has 0 amide bonds. The van der Waals surface area contributed by atoms with Crippen LogP contribution in [-0.4, -0.2) is 4.68 Å². The number of rotatable bonds is 2. The van der Waals surface area contributed by atoms with Gasteiger partial charge in [-0.3, -0.25) is 0 Å². The molecule has 6 aliphatic heterocycles. The summed E-state index contributed by atoms with van der Waals surface area (Å²) in [6, 6.07) is 55.4. The van der Waals surface area contributed by atoms with Gasteiger partial charge in [0.25, 0.3) is 5.82 Å². The van der Waals surface area contributed by atoms with E-state index < -0.39 is 11.1 Å². The van der Waals surface area contributed by atoms with Crippen molar-refractivity contribution < 1.29 is 9.25 Å². The first-order valence-electron chi connectivity index (χ1n) is 20.3. The molecule has 0 aliphatic carbocycles. The summed E-state index contributed by atoms with van der Waals surface area (Å²) in [5.41, 5.74) is 19.1. The molecule has 57 heavy (non-hydrogen) atoms. The highest BCUT2D eigenvalue weighted by atomic mass is 15.5. The van der Waals surface area contributed by atoms with E-state index in [1.807, 2.05) is 0 Å². The van der Waals surface area contributed by atoms with Crippen molar-refractivity contribution >= 4 is 34.3 Å². The largest absolute Gasteiger partial charge is 0.394 e. The van der Waals surface area contributed by atoms with Crippen molar-refractivity contribution in [2.45, 2.75) is 49.6 Å². The Balaban J connectivity index is 1.25. The molecule has 2 aromatic heterocycles. The second-order valence-electron chi connectivity index (χ2n) is 17.8. The summed E-state index contributed by atoms with van der Waals surface area (Å²) in [6.45, 7) is 9.72. The van der Waals surface area contributed by atoms with E-state index in [4.69, 9.17) is 0 Å². The van der Waals surface area contributed by atoms with Gasteiger partial charge in [-0.2, -0.15) is 9.47 Å². The van der Waals surface area contributed by atoms with Crippen LogP contribution in [0.2, 0.25) is 0 Å². The van der Waals surface area contributed by atoms with Crippen LogP contribution in [0.15, 0.2) is 164 Å². The van der Waals surface area contributed by atoms with Gasteiger partial charge >= 0.3 is 5.66 Å². The van der Waals surface area contributed by atoms with Crippen molar-refractivity contribution in [3.05, 3.63) is 220 Å². The SMILES string of the molecule is CC1(C)c2cccc3c2N2c4c1ccc1c4C4(c5c(ccc6c5N1c1ccccc1C6(C)C)-n1ccc[n+]14)[n+]1cccc(c12)C3(c1ccccc1)c1ccccc1. The van der Waals surface area contributed by atoms with Gasteiger partial charge in [0.05, 0.1) is 40.4 Å². The van der Waals surface area contributed by atoms with Crippen LogP contribution in [0.1, 0.15) is 83.3 Å². The maximum absolute atomic E-state index is 2.69. The fraction of sp³-hybridized carbons (Fsp3) is 0.154. The highest BCUT2D eigenvalue weighted by molar-refractivity contribution is 6.02. The van der Waals surface area contributed by atoms with Gasteiger partial charge in [-0.05, 0) is 52.6 Å². The summed E-state index contributed by atoms with van der Waals surface area (Å²) in [5.74, 6) is 1.22. The smallest absolute Gasteiger partial charge is 0.308 e. The Hall–Kier alpha value is -6.72. The third kappa shape index (κ3) is 2.98. The molecule has 14 rings (SSSR count). The lowest BCUT2D eigenvalue weighted by Gasteiger charge is -2.52. The van der Waals surface area contributed by atoms with Crippen molar-refractivity contribution in [2.24, 2.45) is 0 Å². The zero-order valence-corrected chi connectivity index (χ0v) is 32.3. The standard InChI is InChI=1S/C52H39N5/c1-49(2)34-20-11-12-24-40(34)56-42-28-26-37-47-44(42)52(43-41(27-25-36(49)46(43)56)54-30-15-31-55(52)54)53-29-14-23-39-48(53)57(47)45-35(50(37,3)4)21-13-22-38(45)51(39,32-16-7-5-8-17-32)33-18-9-6-10-19-33/h5-31H,1-4H3/q+2. The molecule has 0 radical (unpaired) electrons. The average molecular weight is 734 g/mol. The fourth-order valence-electron chi connectivity index (χ4n) is 12.6. The molecule has 5 nitrogen and oxygen atoms in total. The Bertz CT molecular complexity index is 3110. The first-order chi connectivity index (χ1) is 27.8. The lowest BCUT2D eigenvalue weighted by molar-refractivity contribution is -0.991. The molecule has 0 saturated carbocycles. The number of nitrogens with zero attached hydrogens (tertiary/aromatic N) is 5. The van der Waals surface area contributed by atoms with Crippen LogP contribution >= 0.6 is 0 Å². The van der Waals surface area contributed by atoms with Crippen LogP contribution in [0.25, 0.3) is 5.69 Å². The minimum atomic E-state index is -0.718. The summed E-state index contributed by atoms with van der Waals surface area (Å²) >= 11 is 0. The van der Waals surface area contributed by atoms with Crippen molar-refractivity contribution in [2.75, 3.05) is 9.80 Å². The van der Waals surface area contributed by atoms with Gasteiger partial charge in [0, 0.05) is 33.6 Å². The molecule has 0 fully saturated rings. The second kappa shape index (κ2) is 9.45. The highest BCUT2D eigenvalue weighted by Crippen LogP contribution is 2.70. The van der Waals surface area contributed by atoms with Crippen molar-refractivity contribution in [3.8, 4) is 5.69 Å². The van der Waals surface area contributed by atoms with Crippen LogP contribution in [0, 0.1) is 0 Å². The lowest BCUT2D eigenvalue weighted by Crippen LogP contribution is -2.78. The Kier molecular flexibility index (Phi) is 5.05. The summed E-state index contributed by atoms with van der Waals surface area (Å²) in [5, 5.41) is 0. The number of hydrogen-bond donors (Lipinski definition) is 0. The zero-order valence-electron chi connectivity index (χ0n) is 32.3. The number of hydrogen-bond acceptors (Lipinski definition) is 2. The normalized spacial score (nSPS) is 20.0. The van der Waals surface area contributed by atoms with Crippen LogP contribution in [0.5, 0.6) is 0 Å².